The minimum Gasteiger partial charge on any atom is -0.337 e. The van der Waals surface area contributed by atoms with E-state index < -0.39 is 23.5 Å². The number of nitrogens with one attached hydrogen (secondary N) is 2. The molecule has 0 aliphatic carbocycles. The fourth-order valence-corrected chi connectivity index (χ4v) is 2.57. The normalized spacial score (nSPS) is 12.2. The first-order valence-corrected chi connectivity index (χ1v) is 8.48. The van der Waals surface area contributed by atoms with Crippen LogP contribution in [0.5, 0.6) is 0 Å². The second-order valence-electron chi connectivity index (χ2n) is 6.23. The molecular formula is C18H10F6N6O. The van der Waals surface area contributed by atoms with Gasteiger partial charge in [0.05, 0.1) is 11.1 Å². The zero-order chi connectivity index (χ0) is 22.2. The molecular weight excluding hydrogens is 430 g/mol. The summed E-state index contributed by atoms with van der Waals surface area (Å²) < 4.78 is 81.0. The molecule has 0 aliphatic heterocycles. The molecule has 0 saturated heterocycles. The minimum absolute atomic E-state index is 0.0207. The van der Waals surface area contributed by atoms with Crippen molar-refractivity contribution < 1.29 is 31.0 Å². The van der Waals surface area contributed by atoms with E-state index in [1.165, 1.54) is 24.3 Å². The number of aromatic nitrogens is 4. The standard InChI is InChI=1S/C18H10F6N6O/c19-17(20,21)9-1-5-11(6-2-9)25-13-14(28-16-15(27-13)29-31-30-16)26-12-7-3-10(4-8-12)18(22,23)24/h1-8H,(H,25,27,29)(H,26,28,30). The van der Waals surface area contributed by atoms with E-state index in [2.05, 4.69) is 35.5 Å². The lowest BCUT2D eigenvalue weighted by Gasteiger charge is -2.13. The van der Waals surface area contributed by atoms with Crippen molar-refractivity contribution >= 4 is 34.3 Å². The summed E-state index contributed by atoms with van der Waals surface area (Å²) in [6.07, 6.45) is -8.97. The Kier molecular flexibility index (Phi) is 4.87. The summed E-state index contributed by atoms with van der Waals surface area (Å²) in [6, 6.07) is 8.30. The van der Waals surface area contributed by atoms with Crippen molar-refractivity contribution in [1.82, 2.24) is 20.3 Å². The van der Waals surface area contributed by atoms with Gasteiger partial charge in [0.2, 0.25) is 11.3 Å². The van der Waals surface area contributed by atoms with Gasteiger partial charge < -0.3 is 10.6 Å². The first kappa shape index (κ1) is 20.4. The number of fused-ring (bicyclic) bond motifs is 1. The van der Waals surface area contributed by atoms with Crippen LogP contribution in [0.4, 0.5) is 49.4 Å². The van der Waals surface area contributed by atoms with Crippen LogP contribution in [0.15, 0.2) is 53.2 Å². The summed E-state index contributed by atoms with van der Waals surface area (Å²) in [5.41, 5.74) is -1.10. The maximum atomic E-state index is 12.7. The second kappa shape index (κ2) is 7.41. The summed E-state index contributed by atoms with van der Waals surface area (Å²) in [6.45, 7) is 0. The van der Waals surface area contributed by atoms with Crippen molar-refractivity contribution in [3.63, 3.8) is 0 Å². The average Bonchev–Trinajstić information content (AvgIpc) is 3.15. The number of nitrogens with zero attached hydrogens (tertiary/aromatic N) is 4. The number of benzene rings is 2. The number of hydrogen-bond acceptors (Lipinski definition) is 7. The molecule has 2 aromatic heterocycles. The third kappa shape index (κ3) is 4.49. The van der Waals surface area contributed by atoms with E-state index in [1.54, 1.807) is 0 Å². The second-order valence-corrected chi connectivity index (χ2v) is 6.23. The molecule has 7 nitrogen and oxygen atoms in total. The number of hydrogen-bond donors (Lipinski definition) is 2. The fourth-order valence-electron chi connectivity index (χ4n) is 2.57. The van der Waals surface area contributed by atoms with Gasteiger partial charge in [-0.15, -0.1) is 0 Å². The fraction of sp³-hybridized carbons (Fsp3) is 0.111. The minimum atomic E-state index is -4.49. The smallest absolute Gasteiger partial charge is 0.337 e. The van der Waals surface area contributed by atoms with Crippen LogP contribution in [-0.4, -0.2) is 20.3 Å². The summed E-state index contributed by atoms with van der Waals surface area (Å²) >= 11 is 0. The Hall–Kier alpha value is -3.90. The van der Waals surface area contributed by atoms with Gasteiger partial charge in [-0.3, -0.25) is 0 Å². The maximum Gasteiger partial charge on any atom is 0.416 e. The van der Waals surface area contributed by atoms with Crippen LogP contribution in [0.3, 0.4) is 0 Å². The number of alkyl halides is 6. The quantitative estimate of drug-likeness (QED) is 0.403. The van der Waals surface area contributed by atoms with Crippen LogP contribution in [0, 0.1) is 0 Å². The molecule has 0 bridgehead atoms. The van der Waals surface area contributed by atoms with E-state index in [0.717, 1.165) is 24.3 Å². The molecule has 13 heteroatoms. The Bertz CT molecular complexity index is 1110. The summed E-state index contributed by atoms with van der Waals surface area (Å²) in [7, 11) is 0. The average molecular weight is 440 g/mol. The Morgan fingerprint density at radius 3 is 1.26 bits per heavy atom. The van der Waals surface area contributed by atoms with Gasteiger partial charge in [-0.05, 0) is 58.8 Å². The zero-order valence-corrected chi connectivity index (χ0v) is 15.1. The lowest BCUT2D eigenvalue weighted by atomic mass is 10.2. The van der Waals surface area contributed by atoms with Crippen molar-refractivity contribution in [2.75, 3.05) is 10.6 Å². The number of rotatable bonds is 4. The highest BCUT2D eigenvalue weighted by atomic mass is 19.4. The first-order valence-electron chi connectivity index (χ1n) is 8.48. The van der Waals surface area contributed by atoms with Gasteiger partial charge in [-0.25, -0.2) is 14.6 Å². The third-order valence-electron chi connectivity index (χ3n) is 4.06. The van der Waals surface area contributed by atoms with Crippen LogP contribution in [0.2, 0.25) is 0 Å². The maximum absolute atomic E-state index is 12.7. The van der Waals surface area contributed by atoms with Crippen LogP contribution < -0.4 is 10.6 Å². The Labute approximate surface area is 169 Å². The number of halogens is 6. The number of anilines is 4. The molecule has 0 amide bonds. The molecule has 0 unspecified atom stereocenters. The molecule has 4 rings (SSSR count). The highest BCUT2D eigenvalue weighted by Crippen LogP contribution is 2.33. The van der Waals surface area contributed by atoms with Crippen molar-refractivity contribution in [1.29, 1.82) is 0 Å². The molecule has 0 radical (unpaired) electrons. The van der Waals surface area contributed by atoms with Crippen molar-refractivity contribution in [2.24, 2.45) is 0 Å². The molecule has 0 spiro atoms. The summed E-state index contributed by atoms with van der Waals surface area (Å²) in [4.78, 5) is 8.30. The third-order valence-corrected chi connectivity index (χ3v) is 4.06. The van der Waals surface area contributed by atoms with Crippen LogP contribution >= 0.6 is 0 Å². The predicted octanol–water partition coefficient (Wildman–Crippen LogP) is 5.54. The molecule has 0 aliphatic rings. The summed E-state index contributed by atoms with van der Waals surface area (Å²) in [5.74, 6) is 0.0886. The SMILES string of the molecule is FC(F)(F)c1ccc(Nc2nc3nonc3nc2Nc2ccc(C(F)(F)F)cc2)cc1. The monoisotopic (exact) mass is 440 g/mol. The topological polar surface area (TPSA) is 88.8 Å². The molecule has 0 atom stereocenters. The molecule has 2 heterocycles. The summed E-state index contributed by atoms with van der Waals surface area (Å²) in [5, 5.41) is 12.7. The van der Waals surface area contributed by atoms with Crippen LogP contribution in [0.1, 0.15) is 11.1 Å². The highest BCUT2D eigenvalue weighted by Gasteiger charge is 2.30. The molecule has 160 valence electrons. The van der Waals surface area contributed by atoms with Gasteiger partial charge in [-0.1, -0.05) is 0 Å². The molecule has 2 aromatic carbocycles. The molecule has 0 saturated carbocycles. The zero-order valence-electron chi connectivity index (χ0n) is 15.1. The van der Waals surface area contributed by atoms with Gasteiger partial charge in [0.25, 0.3) is 0 Å². The van der Waals surface area contributed by atoms with E-state index in [9.17, 15) is 26.3 Å². The van der Waals surface area contributed by atoms with Gasteiger partial charge in [0.15, 0.2) is 11.6 Å². The van der Waals surface area contributed by atoms with Crippen LogP contribution in [0.25, 0.3) is 11.3 Å². The Morgan fingerprint density at radius 2 is 0.935 bits per heavy atom. The van der Waals surface area contributed by atoms with Crippen molar-refractivity contribution in [3.8, 4) is 0 Å². The molecule has 4 aromatic rings. The lowest BCUT2D eigenvalue weighted by molar-refractivity contribution is -0.138. The van der Waals surface area contributed by atoms with Crippen LogP contribution in [-0.2, 0) is 12.4 Å². The van der Waals surface area contributed by atoms with Gasteiger partial charge in [0, 0.05) is 11.4 Å². The van der Waals surface area contributed by atoms with Gasteiger partial charge in [0.1, 0.15) is 0 Å². The Balaban J connectivity index is 1.64. The molecule has 31 heavy (non-hydrogen) atoms. The van der Waals surface area contributed by atoms with E-state index in [0.29, 0.717) is 0 Å². The predicted molar refractivity (Wildman–Crippen MR) is 96.8 cm³/mol. The highest BCUT2D eigenvalue weighted by molar-refractivity contribution is 5.79. The molecule has 0 fully saturated rings. The van der Waals surface area contributed by atoms with E-state index >= 15 is 0 Å². The van der Waals surface area contributed by atoms with Crippen molar-refractivity contribution in [3.05, 3.63) is 59.7 Å². The van der Waals surface area contributed by atoms with E-state index in [4.69, 9.17) is 0 Å². The van der Waals surface area contributed by atoms with E-state index in [-0.39, 0.29) is 34.3 Å². The van der Waals surface area contributed by atoms with Gasteiger partial charge in [-0.2, -0.15) is 26.3 Å². The largest absolute Gasteiger partial charge is 0.416 e. The Morgan fingerprint density at radius 1 is 0.581 bits per heavy atom. The first-order chi connectivity index (χ1) is 14.6. The van der Waals surface area contributed by atoms with Gasteiger partial charge >= 0.3 is 12.4 Å². The van der Waals surface area contributed by atoms with E-state index in [1.807, 2.05) is 0 Å². The van der Waals surface area contributed by atoms with Crippen molar-refractivity contribution in [2.45, 2.75) is 12.4 Å². The molecule has 2 N–H and O–H groups in total. The lowest BCUT2D eigenvalue weighted by Crippen LogP contribution is -2.06.